The highest BCUT2D eigenvalue weighted by Crippen LogP contribution is 2.24. The van der Waals surface area contributed by atoms with E-state index in [0.717, 1.165) is 28.3 Å². The zero-order valence-corrected chi connectivity index (χ0v) is 25.8. The Kier molecular flexibility index (Phi) is 27.3. The van der Waals surface area contributed by atoms with E-state index < -0.39 is 0 Å². The maximum Gasteiger partial charge on any atom is 0.251 e. The molecule has 0 saturated carbocycles. The smallest absolute Gasteiger partial charge is 0.251 e. The number of nitrogens with zero attached hydrogens (tertiary/aromatic N) is 3. The average molecular weight is 530 g/mol. The van der Waals surface area contributed by atoms with Gasteiger partial charge in [0.2, 0.25) is 0 Å². The van der Waals surface area contributed by atoms with Gasteiger partial charge in [0.25, 0.3) is 5.91 Å². The summed E-state index contributed by atoms with van der Waals surface area (Å²) in [6, 6.07) is 0. The monoisotopic (exact) mass is 529 g/mol. The first-order valence-corrected chi connectivity index (χ1v) is 14.0. The highest BCUT2D eigenvalue weighted by atomic mass is 32.2. The molecule has 37 heavy (non-hydrogen) atoms. The largest absolute Gasteiger partial charge is 0.351 e. The van der Waals surface area contributed by atoms with Crippen LogP contribution in [-0.2, 0) is 4.79 Å². The zero-order chi connectivity index (χ0) is 29.2. The summed E-state index contributed by atoms with van der Waals surface area (Å²) in [7, 11) is 1.69. The lowest BCUT2D eigenvalue weighted by Crippen LogP contribution is -2.32. The molecule has 0 aromatic carbocycles. The minimum atomic E-state index is -0.186. The number of hydrogen-bond donors (Lipinski definition) is 2. The Morgan fingerprint density at radius 2 is 1.78 bits per heavy atom. The van der Waals surface area contributed by atoms with Gasteiger partial charge in [0.1, 0.15) is 0 Å². The molecule has 1 aromatic heterocycles. The van der Waals surface area contributed by atoms with Crippen molar-refractivity contribution in [2.75, 3.05) is 26.7 Å². The molecule has 6 nitrogen and oxygen atoms in total. The van der Waals surface area contributed by atoms with Crippen LogP contribution in [0.5, 0.6) is 0 Å². The van der Waals surface area contributed by atoms with Crippen LogP contribution in [0.1, 0.15) is 66.6 Å². The van der Waals surface area contributed by atoms with Gasteiger partial charge < -0.3 is 10.6 Å². The molecule has 208 valence electrons. The van der Waals surface area contributed by atoms with Crippen LogP contribution < -0.4 is 10.6 Å². The maximum absolute atomic E-state index is 12.4. The number of carbonyl (C=O) groups excluding carboxylic acids is 1. The summed E-state index contributed by atoms with van der Waals surface area (Å²) in [5.41, 5.74) is 3.72. The van der Waals surface area contributed by atoms with Crippen LogP contribution in [-0.4, -0.2) is 48.1 Å². The Morgan fingerprint density at radius 3 is 2.27 bits per heavy atom. The topological polar surface area (TPSA) is 71.3 Å². The number of aliphatic imine (C=N–C) groups is 1. The van der Waals surface area contributed by atoms with Gasteiger partial charge in [-0.05, 0) is 43.5 Å². The normalized spacial score (nSPS) is 11.2. The number of rotatable bonds is 13. The molecule has 1 heterocycles. The third-order valence-electron chi connectivity index (χ3n) is 4.38. The van der Waals surface area contributed by atoms with Crippen molar-refractivity contribution in [2.24, 2.45) is 4.99 Å². The van der Waals surface area contributed by atoms with Crippen LogP contribution in [0.25, 0.3) is 6.20 Å². The minimum absolute atomic E-state index is 0.186. The quantitative estimate of drug-likeness (QED) is 0.121. The van der Waals surface area contributed by atoms with Crippen molar-refractivity contribution < 1.29 is 4.79 Å². The molecule has 0 fully saturated rings. The fraction of sp³-hybridized carbons (Fsp3) is 0.433. The molecule has 0 unspecified atom stereocenters. The molecule has 0 atom stereocenters. The Hall–Kier alpha value is -2.90. The summed E-state index contributed by atoms with van der Waals surface area (Å²) in [6.45, 7) is 31.7. The predicted octanol–water partition coefficient (Wildman–Crippen LogP) is 7.33. The van der Waals surface area contributed by atoms with Gasteiger partial charge in [-0.25, -0.2) is 4.68 Å². The van der Waals surface area contributed by atoms with Crippen LogP contribution in [0.2, 0.25) is 0 Å². The van der Waals surface area contributed by atoms with Crippen molar-refractivity contribution >= 4 is 29.6 Å². The summed E-state index contributed by atoms with van der Waals surface area (Å²) < 4.78 is 1.76. The van der Waals surface area contributed by atoms with Crippen LogP contribution in [0.4, 0.5) is 0 Å². The van der Waals surface area contributed by atoms with E-state index in [1.165, 1.54) is 17.8 Å². The number of hydrogen-bond acceptors (Lipinski definition) is 5. The van der Waals surface area contributed by atoms with E-state index >= 15 is 0 Å². The molecule has 2 N–H and O–H groups in total. The summed E-state index contributed by atoms with van der Waals surface area (Å²) in [5.74, 6) is -0.186. The standard InChI is InChI=1S/C24H33N5OS.3C2H6/c1-8-20(24(30)27-14-13-26-10-3)16-22(25-7)21-17-28-29(19(21)6)15-12-18(5)23(9-2)31-11-4;3*1-2/h8-9,11-12,15-17,26H,1,4-5,10,13-14H2,2-3,6-7H3,(H,27,30);3*1-2H3/b15-12-,20-16+,23-9-,25-22?;;;. The van der Waals surface area contributed by atoms with Crippen LogP contribution in [0.3, 0.4) is 0 Å². The SMILES string of the molecule is C=CS/C(=C\C)C(=C)/C=C\n1ncc(C(/C=C(\C=C)C(=O)NCCNCC)=NC)c1C.CC.CC.CC. The molecular formula is C30H51N5OS. The molecular weight excluding hydrogens is 478 g/mol. The number of thioether (sulfide) groups is 1. The second kappa shape index (κ2) is 26.2. The third-order valence-corrected chi connectivity index (χ3v) is 5.30. The van der Waals surface area contributed by atoms with Gasteiger partial charge in [-0.15, -0.1) is 0 Å². The van der Waals surface area contributed by atoms with E-state index in [2.05, 4.69) is 40.5 Å². The van der Waals surface area contributed by atoms with E-state index in [4.69, 9.17) is 0 Å². The Bertz CT molecular complexity index is 920. The highest BCUT2D eigenvalue weighted by molar-refractivity contribution is 8.06. The predicted molar refractivity (Wildman–Crippen MR) is 169 cm³/mol. The number of aromatic nitrogens is 2. The van der Waals surface area contributed by atoms with Gasteiger partial charge in [0.05, 0.1) is 11.9 Å². The fourth-order valence-electron chi connectivity index (χ4n) is 2.66. The highest BCUT2D eigenvalue weighted by Gasteiger charge is 2.13. The molecule has 0 aliphatic heterocycles. The van der Waals surface area contributed by atoms with Gasteiger partial charge in [0, 0.05) is 48.1 Å². The number of carbonyl (C=O) groups is 1. The summed E-state index contributed by atoms with van der Waals surface area (Å²) in [4.78, 5) is 17.8. The molecule has 0 bridgehead atoms. The third kappa shape index (κ3) is 15.1. The average Bonchev–Trinajstić information content (AvgIpc) is 3.32. The summed E-state index contributed by atoms with van der Waals surface area (Å²) in [5, 5.41) is 12.3. The van der Waals surface area contributed by atoms with Gasteiger partial charge in [-0.2, -0.15) is 5.10 Å². The Labute approximate surface area is 231 Å². The fourth-order valence-corrected chi connectivity index (χ4v) is 3.19. The molecule has 1 amide bonds. The van der Waals surface area contributed by atoms with Crippen molar-refractivity contribution in [3.8, 4) is 0 Å². The number of nitrogens with one attached hydrogen (secondary N) is 2. The zero-order valence-electron chi connectivity index (χ0n) is 24.9. The van der Waals surface area contributed by atoms with Crippen molar-refractivity contribution in [2.45, 2.75) is 62.3 Å². The molecule has 0 radical (unpaired) electrons. The van der Waals surface area contributed by atoms with Crippen LogP contribution >= 0.6 is 11.8 Å². The summed E-state index contributed by atoms with van der Waals surface area (Å²) in [6.07, 6.45) is 10.8. The lowest BCUT2D eigenvalue weighted by atomic mass is 10.1. The lowest BCUT2D eigenvalue weighted by Gasteiger charge is -2.07. The van der Waals surface area contributed by atoms with E-state index in [9.17, 15) is 4.79 Å². The van der Waals surface area contributed by atoms with Crippen molar-refractivity contribution in [1.82, 2.24) is 20.4 Å². The molecule has 0 aliphatic rings. The van der Waals surface area contributed by atoms with E-state index in [-0.39, 0.29) is 5.91 Å². The van der Waals surface area contributed by atoms with Crippen LogP contribution in [0, 0.1) is 6.92 Å². The number of amides is 1. The number of allylic oxidation sites excluding steroid dienone is 4. The van der Waals surface area contributed by atoms with Crippen LogP contribution in [0.15, 0.2) is 76.7 Å². The Balaban J connectivity index is -0.00000179. The van der Waals surface area contributed by atoms with Crippen molar-refractivity contribution in [1.29, 1.82) is 0 Å². The minimum Gasteiger partial charge on any atom is -0.351 e. The first kappa shape index (κ1) is 38.6. The van der Waals surface area contributed by atoms with Crippen molar-refractivity contribution in [3.63, 3.8) is 0 Å². The molecule has 1 aromatic rings. The molecule has 0 spiro atoms. The van der Waals surface area contributed by atoms with E-state index in [0.29, 0.717) is 24.4 Å². The van der Waals surface area contributed by atoms with Gasteiger partial charge in [-0.3, -0.25) is 9.79 Å². The maximum atomic E-state index is 12.4. The van der Waals surface area contributed by atoms with E-state index in [1.807, 2.05) is 80.7 Å². The second-order valence-electron chi connectivity index (χ2n) is 6.39. The van der Waals surface area contributed by atoms with Gasteiger partial charge in [-0.1, -0.05) is 92.1 Å². The molecule has 0 aliphatic carbocycles. The lowest BCUT2D eigenvalue weighted by molar-refractivity contribution is -0.117. The van der Waals surface area contributed by atoms with Crippen molar-refractivity contribution in [3.05, 3.63) is 83.0 Å². The van der Waals surface area contributed by atoms with Gasteiger partial charge >= 0.3 is 0 Å². The first-order valence-electron chi connectivity index (χ1n) is 13.1. The summed E-state index contributed by atoms with van der Waals surface area (Å²) >= 11 is 1.52. The number of likely N-dealkylation sites (N-methyl/N-ethyl adjacent to an activating group) is 1. The van der Waals surface area contributed by atoms with E-state index in [1.54, 1.807) is 29.4 Å². The molecule has 0 saturated heterocycles. The first-order chi connectivity index (χ1) is 17.9. The Morgan fingerprint density at radius 1 is 1.16 bits per heavy atom. The molecule has 7 heteroatoms. The van der Waals surface area contributed by atoms with Gasteiger partial charge in [0.15, 0.2) is 0 Å². The second-order valence-corrected chi connectivity index (χ2v) is 7.40. The molecule has 1 rings (SSSR count).